The highest BCUT2D eigenvalue weighted by atomic mass is 32.2. The number of nitrogens with one attached hydrogen (secondary N) is 1. The molecule has 7 rings (SSSR count). The van der Waals surface area contributed by atoms with Crippen molar-refractivity contribution >= 4 is 27.7 Å². The number of carbonyl (C=O) groups excluding carboxylic acids is 1. The first kappa shape index (κ1) is 33.9. The monoisotopic (exact) mass is 697 g/mol. The first-order valence-corrected chi connectivity index (χ1v) is 18.8. The molecule has 1 saturated carbocycles. The molecule has 2 fully saturated rings. The standard InChI is InChI=1S/C37H43N7O5S/c1-23(2)32-12-7-15-43(32)33-19-38-18-27(39-33)20-44-28(21-48-29-13-14-29)22-49-34-17-31(35-24(3)8-5-9-25(35)4)40-37(41-34)42-50(46,47)30-11-6-10-26(16-30)36(44)45/h5-6,8-11,16-19,23,28-29,32H,7,12-15,20-22H2,1-4H3,(H,40,41,42)/t28-,32+/m1/s1. The first-order valence-electron chi connectivity index (χ1n) is 17.3. The molecule has 0 spiro atoms. The number of aromatic nitrogens is 4. The van der Waals surface area contributed by atoms with Gasteiger partial charge in [-0.15, -0.1) is 0 Å². The van der Waals surface area contributed by atoms with E-state index >= 15 is 0 Å². The second-order valence-corrected chi connectivity index (χ2v) is 15.4. The summed E-state index contributed by atoms with van der Waals surface area (Å²) in [6.07, 6.45) is 7.68. The van der Waals surface area contributed by atoms with Gasteiger partial charge in [-0.05, 0) is 74.8 Å². The molecule has 0 unspecified atom stereocenters. The molecule has 1 saturated heterocycles. The smallest absolute Gasteiger partial charge is 0.264 e. The maximum Gasteiger partial charge on any atom is 0.264 e. The number of aryl methyl sites for hydroxylation is 2. The van der Waals surface area contributed by atoms with Gasteiger partial charge in [-0.3, -0.25) is 9.78 Å². The minimum Gasteiger partial charge on any atom is -0.475 e. The number of nitrogens with zero attached hydrogens (tertiary/aromatic N) is 6. The van der Waals surface area contributed by atoms with E-state index < -0.39 is 16.1 Å². The lowest BCUT2D eigenvalue weighted by atomic mass is 10.00. The van der Waals surface area contributed by atoms with Crippen molar-refractivity contribution < 1.29 is 22.7 Å². The Kier molecular flexibility index (Phi) is 9.44. The number of fused-ring (bicyclic) bond motifs is 4. The van der Waals surface area contributed by atoms with Crippen molar-refractivity contribution in [3.05, 3.63) is 83.3 Å². The highest BCUT2D eigenvalue weighted by Crippen LogP contribution is 2.32. The van der Waals surface area contributed by atoms with Crippen LogP contribution in [0.3, 0.4) is 0 Å². The third-order valence-electron chi connectivity index (χ3n) is 9.60. The summed E-state index contributed by atoms with van der Waals surface area (Å²) < 4.78 is 42.5. The number of hydrogen-bond acceptors (Lipinski definition) is 10. The summed E-state index contributed by atoms with van der Waals surface area (Å²) in [5.74, 6) is 0.899. The van der Waals surface area contributed by atoms with Gasteiger partial charge in [-0.2, -0.15) is 4.98 Å². The number of anilines is 2. The van der Waals surface area contributed by atoms with Gasteiger partial charge in [0.05, 0.1) is 54.0 Å². The van der Waals surface area contributed by atoms with Crippen molar-refractivity contribution in [3.8, 4) is 17.1 Å². The van der Waals surface area contributed by atoms with Crippen LogP contribution >= 0.6 is 0 Å². The van der Waals surface area contributed by atoms with Crippen LogP contribution in [0.5, 0.6) is 5.88 Å². The predicted molar refractivity (Wildman–Crippen MR) is 190 cm³/mol. The van der Waals surface area contributed by atoms with E-state index in [0.29, 0.717) is 23.3 Å². The molecule has 3 aliphatic rings. The van der Waals surface area contributed by atoms with E-state index in [2.05, 4.69) is 38.4 Å². The van der Waals surface area contributed by atoms with Crippen molar-refractivity contribution in [2.75, 3.05) is 29.4 Å². The van der Waals surface area contributed by atoms with E-state index in [9.17, 15) is 13.2 Å². The molecule has 2 aliphatic heterocycles. The molecule has 4 aromatic rings. The van der Waals surface area contributed by atoms with E-state index in [1.807, 2.05) is 32.0 Å². The summed E-state index contributed by atoms with van der Waals surface area (Å²) >= 11 is 0. The molecule has 2 atom stereocenters. The van der Waals surface area contributed by atoms with Gasteiger partial charge >= 0.3 is 0 Å². The Hall–Kier alpha value is -4.62. The fourth-order valence-electron chi connectivity index (χ4n) is 6.84. The van der Waals surface area contributed by atoms with Crippen LogP contribution in [0.25, 0.3) is 11.3 Å². The summed E-state index contributed by atoms with van der Waals surface area (Å²) in [6, 6.07) is 13.4. The topological polar surface area (TPSA) is 140 Å². The number of amides is 1. The third-order valence-corrected chi connectivity index (χ3v) is 10.9. The van der Waals surface area contributed by atoms with Crippen LogP contribution < -0.4 is 14.4 Å². The van der Waals surface area contributed by atoms with Gasteiger partial charge in [-0.1, -0.05) is 38.1 Å². The van der Waals surface area contributed by atoms with Crippen molar-refractivity contribution in [1.82, 2.24) is 24.8 Å². The molecule has 262 valence electrons. The third kappa shape index (κ3) is 7.29. The van der Waals surface area contributed by atoms with Gasteiger partial charge in [0.2, 0.25) is 11.8 Å². The van der Waals surface area contributed by atoms with E-state index in [1.165, 1.54) is 12.1 Å². The van der Waals surface area contributed by atoms with Crippen LogP contribution in [0.2, 0.25) is 0 Å². The minimum absolute atomic E-state index is 0.0300. The Balaban J connectivity index is 1.30. The molecule has 4 heterocycles. The number of ether oxygens (including phenoxy) is 2. The van der Waals surface area contributed by atoms with Gasteiger partial charge in [0.1, 0.15) is 12.4 Å². The maximum absolute atomic E-state index is 14.5. The number of sulfonamides is 1. The second-order valence-electron chi connectivity index (χ2n) is 13.8. The molecule has 1 N–H and O–H groups in total. The lowest BCUT2D eigenvalue weighted by Gasteiger charge is -2.32. The zero-order chi connectivity index (χ0) is 35.0. The maximum atomic E-state index is 14.5. The van der Waals surface area contributed by atoms with Gasteiger partial charge in [0, 0.05) is 29.8 Å². The van der Waals surface area contributed by atoms with E-state index in [-0.39, 0.29) is 54.1 Å². The molecule has 1 amide bonds. The molecule has 50 heavy (non-hydrogen) atoms. The van der Waals surface area contributed by atoms with Crippen molar-refractivity contribution in [2.45, 2.75) is 83.0 Å². The Labute approximate surface area is 293 Å². The normalized spacial score (nSPS) is 20.5. The number of rotatable bonds is 8. The molecule has 2 aromatic carbocycles. The van der Waals surface area contributed by atoms with Crippen molar-refractivity contribution in [1.29, 1.82) is 0 Å². The van der Waals surface area contributed by atoms with Crippen LogP contribution in [-0.4, -0.2) is 77.1 Å². The molecule has 0 radical (unpaired) electrons. The largest absolute Gasteiger partial charge is 0.475 e. The van der Waals surface area contributed by atoms with Crippen molar-refractivity contribution in [2.24, 2.45) is 5.92 Å². The van der Waals surface area contributed by atoms with E-state index in [1.54, 1.807) is 35.5 Å². The fourth-order valence-corrected chi connectivity index (χ4v) is 7.83. The van der Waals surface area contributed by atoms with Crippen LogP contribution in [-0.2, 0) is 21.3 Å². The Morgan fingerprint density at radius 3 is 2.54 bits per heavy atom. The van der Waals surface area contributed by atoms with Crippen LogP contribution in [0.1, 0.15) is 66.7 Å². The van der Waals surface area contributed by atoms with E-state index in [0.717, 1.165) is 54.7 Å². The predicted octanol–water partition coefficient (Wildman–Crippen LogP) is 5.56. The highest BCUT2D eigenvalue weighted by Gasteiger charge is 2.33. The summed E-state index contributed by atoms with van der Waals surface area (Å²) in [5.41, 5.74) is 4.12. The van der Waals surface area contributed by atoms with Gasteiger partial charge in [0.15, 0.2) is 0 Å². The average Bonchev–Trinajstić information content (AvgIpc) is 3.78. The highest BCUT2D eigenvalue weighted by molar-refractivity contribution is 7.92. The van der Waals surface area contributed by atoms with Crippen LogP contribution in [0.4, 0.5) is 11.8 Å². The average molecular weight is 698 g/mol. The molecular formula is C37H43N7O5S. The molecule has 2 aromatic heterocycles. The zero-order valence-corrected chi connectivity index (χ0v) is 29.7. The van der Waals surface area contributed by atoms with Gasteiger partial charge < -0.3 is 19.3 Å². The SMILES string of the molecule is Cc1cccc(C)c1-c1cc2nc(n1)NS(=O)(=O)c1cccc(c1)C(=O)N(Cc1cncc(N3CCC[C@H]3C(C)C)n1)[C@H](COC1CC1)CO2. The van der Waals surface area contributed by atoms with Crippen LogP contribution in [0.15, 0.2) is 65.8 Å². The molecule has 13 heteroatoms. The lowest BCUT2D eigenvalue weighted by Crippen LogP contribution is -2.46. The summed E-state index contributed by atoms with van der Waals surface area (Å²) in [5, 5.41) is 0. The minimum atomic E-state index is -4.19. The quantitative estimate of drug-likeness (QED) is 0.249. The summed E-state index contributed by atoms with van der Waals surface area (Å²) in [6.45, 7) is 9.64. The number of benzene rings is 2. The Bertz CT molecular complexity index is 1980. The first-order chi connectivity index (χ1) is 24.1. The fraction of sp³-hybridized carbons (Fsp3) is 0.432. The molecule has 12 nitrogen and oxygen atoms in total. The second kappa shape index (κ2) is 13.9. The molecule has 1 aliphatic carbocycles. The van der Waals surface area contributed by atoms with Gasteiger partial charge in [0.25, 0.3) is 15.9 Å². The molecular weight excluding hydrogens is 655 g/mol. The van der Waals surface area contributed by atoms with Crippen LogP contribution in [0, 0.1) is 19.8 Å². The Morgan fingerprint density at radius 1 is 1.00 bits per heavy atom. The number of carbonyl (C=O) groups is 1. The summed E-state index contributed by atoms with van der Waals surface area (Å²) in [4.78, 5) is 37.0. The Morgan fingerprint density at radius 2 is 1.78 bits per heavy atom. The number of hydrogen-bond donors (Lipinski definition) is 1. The lowest BCUT2D eigenvalue weighted by molar-refractivity contribution is 0.0209. The van der Waals surface area contributed by atoms with E-state index in [4.69, 9.17) is 14.5 Å². The summed E-state index contributed by atoms with van der Waals surface area (Å²) in [7, 11) is -4.19. The molecule has 4 bridgehead atoms. The van der Waals surface area contributed by atoms with Gasteiger partial charge in [-0.25, -0.2) is 23.1 Å². The zero-order valence-electron chi connectivity index (χ0n) is 28.9. The van der Waals surface area contributed by atoms with Crippen molar-refractivity contribution in [3.63, 3.8) is 0 Å².